The van der Waals surface area contributed by atoms with Crippen molar-refractivity contribution in [2.75, 3.05) is 7.11 Å². The quantitative estimate of drug-likeness (QED) is 0.443. The Morgan fingerprint density at radius 3 is 2.64 bits per heavy atom. The number of ether oxygens (including phenoxy) is 4. The third-order valence-electron chi connectivity index (χ3n) is 4.41. The summed E-state index contributed by atoms with van der Waals surface area (Å²) in [7, 11) is 1.61. The molecule has 0 aliphatic carbocycles. The van der Waals surface area contributed by atoms with E-state index in [2.05, 4.69) is 12.1 Å². The number of benzene rings is 1. The Kier molecular flexibility index (Phi) is 3.55. The second-order valence-electron chi connectivity index (χ2n) is 6.06. The van der Waals surface area contributed by atoms with Crippen molar-refractivity contribution in [3.05, 3.63) is 30.3 Å². The second kappa shape index (κ2) is 5.32. The van der Waals surface area contributed by atoms with Gasteiger partial charge in [-0.05, 0) is 0 Å². The minimum absolute atomic E-state index is 0.000178. The Morgan fingerprint density at radius 1 is 1.18 bits per heavy atom. The van der Waals surface area contributed by atoms with Crippen molar-refractivity contribution in [1.82, 2.24) is 0 Å². The zero-order valence-electron chi connectivity index (χ0n) is 12.4. The van der Waals surface area contributed by atoms with E-state index in [1.165, 1.54) is 4.46 Å². The Hall–Kier alpha value is -0.911. The van der Waals surface area contributed by atoms with Crippen LogP contribution in [0, 0.1) is 0 Å². The van der Waals surface area contributed by atoms with E-state index in [0.29, 0.717) is 6.42 Å². The summed E-state index contributed by atoms with van der Waals surface area (Å²) in [6, 6.07) is 10.1. The maximum absolute atomic E-state index is 12.4. The molecule has 0 radical (unpaired) electrons. The van der Waals surface area contributed by atoms with Crippen molar-refractivity contribution in [3.63, 3.8) is 0 Å². The van der Waals surface area contributed by atoms with E-state index in [9.17, 15) is 4.79 Å². The van der Waals surface area contributed by atoms with Gasteiger partial charge in [0.2, 0.25) is 0 Å². The molecular weight excluding hydrogens is 351 g/mol. The monoisotopic (exact) mass is 370 g/mol. The molecule has 3 heterocycles. The SMILES string of the molecule is COC1O[C@@H](C2CC(C)([Se]c3ccccc3)C(=O)O2)C2OC12. The molecule has 4 rings (SSSR count). The molecule has 0 N–H and O–H groups in total. The van der Waals surface area contributed by atoms with Crippen molar-refractivity contribution in [3.8, 4) is 0 Å². The normalized spacial score (nSPS) is 43.0. The van der Waals surface area contributed by atoms with E-state index in [1.54, 1.807) is 7.11 Å². The van der Waals surface area contributed by atoms with Gasteiger partial charge < -0.3 is 0 Å². The van der Waals surface area contributed by atoms with Crippen LogP contribution in [-0.4, -0.2) is 58.7 Å². The van der Waals surface area contributed by atoms with Gasteiger partial charge in [0.25, 0.3) is 0 Å². The van der Waals surface area contributed by atoms with Crippen LogP contribution in [0.15, 0.2) is 30.3 Å². The van der Waals surface area contributed by atoms with Gasteiger partial charge in [-0.25, -0.2) is 0 Å². The van der Waals surface area contributed by atoms with Crippen LogP contribution in [-0.2, 0) is 23.7 Å². The van der Waals surface area contributed by atoms with Gasteiger partial charge in [-0.3, -0.25) is 0 Å². The molecule has 118 valence electrons. The number of epoxide rings is 1. The fraction of sp³-hybridized carbons (Fsp3) is 0.562. The molecule has 6 heteroatoms. The van der Waals surface area contributed by atoms with Gasteiger partial charge >= 0.3 is 135 Å². The number of methoxy groups -OCH3 is 1. The van der Waals surface area contributed by atoms with Crippen molar-refractivity contribution >= 4 is 25.4 Å². The van der Waals surface area contributed by atoms with Crippen LogP contribution in [0.3, 0.4) is 0 Å². The van der Waals surface area contributed by atoms with Crippen LogP contribution in [0.1, 0.15) is 13.3 Å². The van der Waals surface area contributed by atoms with E-state index in [-0.39, 0.29) is 51.6 Å². The molecule has 0 saturated carbocycles. The molecule has 5 nitrogen and oxygen atoms in total. The second-order valence-corrected chi connectivity index (χ2v) is 9.37. The Morgan fingerprint density at radius 2 is 1.95 bits per heavy atom. The first-order valence-electron chi connectivity index (χ1n) is 7.39. The minimum atomic E-state index is -0.447. The molecule has 5 unspecified atom stereocenters. The first-order valence-corrected chi connectivity index (χ1v) is 9.11. The summed E-state index contributed by atoms with van der Waals surface area (Å²) in [6.07, 6.45) is -0.0887. The maximum atomic E-state index is 12.4. The van der Waals surface area contributed by atoms with E-state index in [1.807, 2.05) is 25.1 Å². The Bertz CT molecular complexity index is 579. The first kappa shape index (κ1) is 14.7. The summed E-state index contributed by atoms with van der Waals surface area (Å²) in [4.78, 5) is 12.4. The number of hydrogen-bond acceptors (Lipinski definition) is 5. The average Bonchev–Trinajstić information content (AvgIpc) is 3.13. The van der Waals surface area contributed by atoms with Crippen LogP contribution in [0.4, 0.5) is 0 Å². The molecule has 0 aromatic heterocycles. The number of fused-ring (bicyclic) bond motifs is 1. The Labute approximate surface area is 135 Å². The molecule has 3 aliphatic heterocycles. The number of carbonyl (C=O) groups is 1. The number of carbonyl (C=O) groups excluding carboxylic acids is 1. The molecule has 1 aromatic rings. The molecular formula is C16H18O5Se. The van der Waals surface area contributed by atoms with Gasteiger partial charge in [0.1, 0.15) is 0 Å². The van der Waals surface area contributed by atoms with Gasteiger partial charge in [-0.15, -0.1) is 0 Å². The number of esters is 1. The van der Waals surface area contributed by atoms with Crippen molar-refractivity contribution in [2.45, 2.75) is 48.4 Å². The number of rotatable bonds is 4. The summed E-state index contributed by atoms with van der Waals surface area (Å²) in [5.74, 6) is -0.122. The molecule has 3 fully saturated rings. The standard InChI is InChI=1S/C16H18O5Se/c1-16(22-9-6-4-3-5-7-9)8-10(19-15(16)17)11-12-13(20-12)14(18-2)21-11/h3-7,10-14H,8H2,1-2H3/t10?,11-,12?,13?,14?,16?/m0/s1. The fourth-order valence-electron chi connectivity index (χ4n) is 3.20. The number of hydrogen-bond donors (Lipinski definition) is 0. The zero-order chi connectivity index (χ0) is 15.3. The van der Waals surface area contributed by atoms with E-state index < -0.39 is 4.31 Å². The van der Waals surface area contributed by atoms with Gasteiger partial charge in [0.05, 0.1) is 0 Å². The summed E-state index contributed by atoms with van der Waals surface area (Å²) in [6.45, 7) is 2.00. The summed E-state index contributed by atoms with van der Waals surface area (Å²) in [5, 5.41) is 0. The molecule has 0 bridgehead atoms. The van der Waals surface area contributed by atoms with E-state index in [4.69, 9.17) is 18.9 Å². The van der Waals surface area contributed by atoms with Gasteiger partial charge in [-0.2, -0.15) is 0 Å². The zero-order valence-corrected chi connectivity index (χ0v) is 14.1. The van der Waals surface area contributed by atoms with Crippen LogP contribution in [0.2, 0.25) is 4.31 Å². The third-order valence-corrected chi connectivity index (χ3v) is 7.12. The molecule has 22 heavy (non-hydrogen) atoms. The fourth-order valence-corrected chi connectivity index (χ4v) is 5.71. The summed E-state index contributed by atoms with van der Waals surface area (Å²) in [5.41, 5.74) is 0. The topological polar surface area (TPSA) is 57.3 Å². The van der Waals surface area contributed by atoms with Crippen molar-refractivity contribution in [1.29, 1.82) is 0 Å². The predicted molar refractivity (Wildman–Crippen MR) is 79.0 cm³/mol. The predicted octanol–water partition coefficient (Wildman–Crippen LogP) is 0.649. The molecule has 1 aromatic carbocycles. The molecule has 3 aliphatic rings. The van der Waals surface area contributed by atoms with E-state index >= 15 is 0 Å². The van der Waals surface area contributed by atoms with Crippen LogP contribution in [0.5, 0.6) is 0 Å². The number of cyclic esters (lactones) is 1. The van der Waals surface area contributed by atoms with Gasteiger partial charge in [-0.1, -0.05) is 0 Å². The molecule has 3 saturated heterocycles. The average molecular weight is 369 g/mol. The Balaban J connectivity index is 1.47. The first-order chi connectivity index (χ1) is 10.6. The van der Waals surface area contributed by atoms with Crippen LogP contribution >= 0.6 is 0 Å². The molecule has 6 atom stereocenters. The van der Waals surface area contributed by atoms with Crippen LogP contribution < -0.4 is 4.46 Å². The summed E-state index contributed by atoms with van der Waals surface area (Å²) < 4.78 is 23.0. The van der Waals surface area contributed by atoms with Crippen molar-refractivity contribution in [2.24, 2.45) is 0 Å². The molecule has 0 amide bonds. The van der Waals surface area contributed by atoms with Gasteiger partial charge in [0, 0.05) is 0 Å². The summed E-state index contributed by atoms with van der Waals surface area (Å²) >= 11 is 0.0309. The molecule has 0 spiro atoms. The van der Waals surface area contributed by atoms with Crippen molar-refractivity contribution < 1.29 is 23.7 Å². The van der Waals surface area contributed by atoms with Crippen LogP contribution in [0.25, 0.3) is 0 Å². The van der Waals surface area contributed by atoms with Gasteiger partial charge in [0.15, 0.2) is 0 Å². The van der Waals surface area contributed by atoms with E-state index in [0.717, 1.165) is 0 Å². The third kappa shape index (κ3) is 2.39.